The molecule has 0 aliphatic heterocycles. The number of hydrogen-bond donors (Lipinski definition) is 0. The Labute approximate surface area is 162 Å². The van der Waals surface area contributed by atoms with Crippen molar-refractivity contribution in [2.24, 2.45) is 0 Å². The van der Waals surface area contributed by atoms with Crippen LogP contribution in [0.2, 0.25) is 0 Å². The highest BCUT2D eigenvalue weighted by Crippen LogP contribution is 2.28. The second-order valence-corrected chi connectivity index (χ2v) is 6.22. The standard InChI is InChI=1S/C20H14F3N3O3/c21-20(22,23)29-16-4-1-13(2-5-16)14-3-6-18-17(11-14)26(19(27)28-18)10-7-15-12-24-8-9-25-15/h1-6,8-9,11-12H,7,10H2. The first kappa shape index (κ1) is 18.7. The molecule has 0 saturated heterocycles. The van der Waals surface area contributed by atoms with E-state index in [1.54, 1.807) is 36.8 Å². The highest BCUT2D eigenvalue weighted by Gasteiger charge is 2.30. The SMILES string of the molecule is O=c1oc2ccc(-c3ccc(OC(F)(F)F)cc3)cc2n1CCc1cnccn1. The Morgan fingerprint density at radius 3 is 2.48 bits per heavy atom. The summed E-state index contributed by atoms with van der Waals surface area (Å²) in [5.74, 6) is -0.790. The van der Waals surface area contributed by atoms with E-state index >= 15 is 0 Å². The summed E-state index contributed by atoms with van der Waals surface area (Å²) in [6.45, 7) is 0.354. The summed E-state index contributed by atoms with van der Waals surface area (Å²) in [5, 5.41) is 0. The third-order valence-corrected chi connectivity index (χ3v) is 4.30. The molecular formula is C20H14F3N3O3. The molecule has 0 N–H and O–H groups in total. The molecular weight excluding hydrogens is 387 g/mol. The van der Waals surface area contributed by atoms with Crippen LogP contribution in [0.5, 0.6) is 5.75 Å². The van der Waals surface area contributed by atoms with E-state index in [1.165, 1.54) is 28.8 Å². The first-order valence-corrected chi connectivity index (χ1v) is 8.63. The zero-order valence-electron chi connectivity index (χ0n) is 14.9. The predicted molar refractivity (Wildman–Crippen MR) is 98.3 cm³/mol. The van der Waals surface area contributed by atoms with Crippen LogP contribution in [0.1, 0.15) is 5.69 Å². The second kappa shape index (κ2) is 7.42. The molecule has 2 aromatic heterocycles. The monoisotopic (exact) mass is 401 g/mol. The molecule has 6 nitrogen and oxygen atoms in total. The molecule has 0 aliphatic carbocycles. The normalized spacial score (nSPS) is 11.7. The van der Waals surface area contributed by atoms with Crippen LogP contribution in [-0.2, 0) is 13.0 Å². The fourth-order valence-electron chi connectivity index (χ4n) is 2.99. The van der Waals surface area contributed by atoms with Crippen LogP contribution in [0.3, 0.4) is 0 Å². The van der Waals surface area contributed by atoms with Crippen LogP contribution in [-0.4, -0.2) is 20.9 Å². The maximum absolute atomic E-state index is 12.3. The maximum atomic E-state index is 12.3. The minimum atomic E-state index is -4.74. The van der Waals surface area contributed by atoms with Gasteiger partial charge < -0.3 is 9.15 Å². The first-order valence-electron chi connectivity index (χ1n) is 8.63. The average molecular weight is 401 g/mol. The Balaban J connectivity index is 1.62. The van der Waals surface area contributed by atoms with E-state index in [1.807, 2.05) is 0 Å². The lowest BCUT2D eigenvalue weighted by Gasteiger charge is -2.09. The number of oxazole rings is 1. The molecule has 2 heterocycles. The number of nitrogens with zero attached hydrogens (tertiary/aromatic N) is 3. The van der Waals surface area contributed by atoms with Gasteiger partial charge in [-0.15, -0.1) is 13.2 Å². The lowest BCUT2D eigenvalue weighted by molar-refractivity contribution is -0.274. The minimum absolute atomic E-state index is 0.300. The molecule has 0 amide bonds. The number of hydrogen-bond acceptors (Lipinski definition) is 5. The van der Waals surface area contributed by atoms with Crippen molar-refractivity contribution in [2.75, 3.05) is 0 Å². The molecule has 0 fully saturated rings. The van der Waals surface area contributed by atoms with Crippen molar-refractivity contribution in [2.45, 2.75) is 19.3 Å². The summed E-state index contributed by atoms with van der Waals surface area (Å²) in [6, 6.07) is 10.7. The van der Waals surface area contributed by atoms with Crippen molar-refractivity contribution in [3.8, 4) is 16.9 Å². The third kappa shape index (κ3) is 4.29. The third-order valence-electron chi connectivity index (χ3n) is 4.30. The van der Waals surface area contributed by atoms with E-state index in [9.17, 15) is 18.0 Å². The summed E-state index contributed by atoms with van der Waals surface area (Å²) in [6.07, 6.45) is 0.534. The summed E-state index contributed by atoms with van der Waals surface area (Å²) in [4.78, 5) is 20.4. The molecule has 148 valence electrons. The van der Waals surface area contributed by atoms with Gasteiger partial charge in [-0.1, -0.05) is 18.2 Å². The van der Waals surface area contributed by atoms with Crippen molar-refractivity contribution >= 4 is 11.1 Å². The Bertz CT molecular complexity index is 1180. The van der Waals surface area contributed by atoms with Gasteiger partial charge in [-0.05, 0) is 35.4 Å². The quantitative estimate of drug-likeness (QED) is 0.502. The highest BCUT2D eigenvalue weighted by molar-refractivity contribution is 5.80. The van der Waals surface area contributed by atoms with Crippen LogP contribution in [0, 0.1) is 0 Å². The van der Waals surface area contributed by atoms with E-state index in [4.69, 9.17) is 4.42 Å². The summed E-state index contributed by atoms with van der Waals surface area (Å²) < 4.78 is 47.6. The molecule has 0 unspecified atom stereocenters. The molecule has 2 aromatic carbocycles. The van der Waals surface area contributed by atoms with E-state index in [-0.39, 0.29) is 5.75 Å². The van der Waals surface area contributed by atoms with E-state index < -0.39 is 12.1 Å². The fourth-order valence-corrected chi connectivity index (χ4v) is 2.99. The number of aromatic nitrogens is 3. The number of halogens is 3. The number of alkyl halides is 3. The van der Waals surface area contributed by atoms with Gasteiger partial charge in [0, 0.05) is 31.6 Å². The average Bonchev–Trinajstić information content (AvgIpc) is 3.01. The van der Waals surface area contributed by atoms with Gasteiger partial charge in [-0.3, -0.25) is 14.5 Å². The largest absolute Gasteiger partial charge is 0.573 e. The van der Waals surface area contributed by atoms with Gasteiger partial charge in [-0.25, -0.2) is 4.79 Å². The fraction of sp³-hybridized carbons (Fsp3) is 0.150. The van der Waals surface area contributed by atoms with Crippen molar-refractivity contribution in [3.63, 3.8) is 0 Å². The van der Waals surface area contributed by atoms with E-state index in [0.717, 1.165) is 11.3 Å². The summed E-state index contributed by atoms with van der Waals surface area (Å²) >= 11 is 0. The Morgan fingerprint density at radius 2 is 1.79 bits per heavy atom. The zero-order chi connectivity index (χ0) is 20.4. The van der Waals surface area contributed by atoms with Crippen LogP contribution in [0.4, 0.5) is 13.2 Å². The van der Waals surface area contributed by atoms with Gasteiger partial charge in [-0.2, -0.15) is 0 Å². The zero-order valence-corrected chi connectivity index (χ0v) is 14.9. The van der Waals surface area contributed by atoms with Gasteiger partial charge in [0.15, 0.2) is 5.58 Å². The molecule has 4 rings (SSSR count). The summed E-state index contributed by atoms with van der Waals surface area (Å²) in [5.41, 5.74) is 3.16. The summed E-state index contributed by atoms with van der Waals surface area (Å²) in [7, 11) is 0. The smallest absolute Gasteiger partial charge is 0.408 e. The Morgan fingerprint density at radius 1 is 1.03 bits per heavy atom. The Hall–Kier alpha value is -3.62. The molecule has 0 atom stereocenters. The molecule has 0 saturated carbocycles. The number of aryl methyl sites for hydroxylation is 2. The van der Waals surface area contributed by atoms with Gasteiger partial charge in [0.1, 0.15) is 5.75 Å². The van der Waals surface area contributed by atoms with Gasteiger partial charge in [0.25, 0.3) is 0 Å². The number of ether oxygens (including phenoxy) is 1. The van der Waals surface area contributed by atoms with Gasteiger partial charge in [0.2, 0.25) is 0 Å². The van der Waals surface area contributed by atoms with Crippen LogP contribution >= 0.6 is 0 Å². The van der Waals surface area contributed by atoms with Crippen molar-refractivity contribution in [1.29, 1.82) is 0 Å². The van der Waals surface area contributed by atoms with Crippen molar-refractivity contribution < 1.29 is 22.3 Å². The van der Waals surface area contributed by atoms with E-state index in [2.05, 4.69) is 14.7 Å². The maximum Gasteiger partial charge on any atom is 0.573 e. The molecule has 0 aliphatic rings. The van der Waals surface area contributed by atoms with Crippen molar-refractivity contribution in [3.05, 3.63) is 77.3 Å². The topological polar surface area (TPSA) is 70.2 Å². The number of rotatable bonds is 5. The molecule has 9 heteroatoms. The molecule has 4 aromatic rings. The lowest BCUT2D eigenvalue weighted by atomic mass is 10.1. The van der Waals surface area contributed by atoms with Gasteiger partial charge >= 0.3 is 12.1 Å². The minimum Gasteiger partial charge on any atom is -0.408 e. The van der Waals surface area contributed by atoms with E-state index in [0.29, 0.717) is 29.6 Å². The number of fused-ring (bicyclic) bond motifs is 1. The van der Waals surface area contributed by atoms with Crippen LogP contribution in [0.25, 0.3) is 22.2 Å². The van der Waals surface area contributed by atoms with Crippen molar-refractivity contribution in [1.82, 2.24) is 14.5 Å². The molecule has 0 bridgehead atoms. The van der Waals surface area contributed by atoms with Gasteiger partial charge in [0.05, 0.1) is 11.2 Å². The highest BCUT2D eigenvalue weighted by atomic mass is 19.4. The van der Waals surface area contributed by atoms with Crippen LogP contribution < -0.4 is 10.5 Å². The Kier molecular flexibility index (Phi) is 4.79. The molecule has 29 heavy (non-hydrogen) atoms. The number of benzene rings is 2. The predicted octanol–water partition coefficient (Wildman–Crippen LogP) is 4.19. The molecule has 0 spiro atoms. The lowest BCUT2D eigenvalue weighted by Crippen LogP contribution is -2.16. The van der Waals surface area contributed by atoms with Crippen LogP contribution in [0.15, 0.2) is 70.3 Å². The first-order chi connectivity index (χ1) is 13.9. The molecule has 0 radical (unpaired) electrons. The second-order valence-electron chi connectivity index (χ2n) is 6.22.